The minimum atomic E-state index is -4.24. The fourth-order valence-corrected chi connectivity index (χ4v) is 3.80. The van der Waals surface area contributed by atoms with E-state index in [2.05, 4.69) is 11.9 Å². The van der Waals surface area contributed by atoms with Gasteiger partial charge < -0.3 is 5.32 Å². The zero-order valence-electron chi connectivity index (χ0n) is 14.9. The first kappa shape index (κ1) is 22.5. The average molecular weight is 528 g/mol. The van der Waals surface area contributed by atoms with Gasteiger partial charge in [0.2, 0.25) is 10.0 Å². The summed E-state index contributed by atoms with van der Waals surface area (Å²) in [6, 6.07) is 4.05. The van der Waals surface area contributed by atoms with Crippen molar-refractivity contribution in [3.8, 4) is 0 Å². The standard InChI is InChI=1S/C18H17F4IN2O2S/c1-4-7-18(2,3)28(26,27)25-16-13(21)9-12(20)15(22)17(16)24-14-6-5-10(23)8-11(14)19/h4-6,8-9,24-25H,1,7H2,2-3H3. The van der Waals surface area contributed by atoms with Crippen molar-refractivity contribution in [3.05, 3.63) is 63.8 Å². The highest BCUT2D eigenvalue weighted by molar-refractivity contribution is 14.1. The first-order valence-corrected chi connectivity index (χ1v) is 10.5. The Balaban J connectivity index is 2.59. The molecule has 0 saturated carbocycles. The summed E-state index contributed by atoms with van der Waals surface area (Å²) in [5.74, 6) is -5.28. The molecule has 2 aromatic rings. The molecule has 0 radical (unpaired) electrons. The van der Waals surface area contributed by atoms with Crippen LogP contribution in [0, 0.1) is 26.8 Å². The second kappa shape index (κ2) is 8.27. The molecule has 2 rings (SSSR count). The first-order valence-electron chi connectivity index (χ1n) is 7.92. The number of halogens is 5. The zero-order chi connectivity index (χ0) is 21.3. The molecule has 152 valence electrons. The van der Waals surface area contributed by atoms with Crippen LogP contribution in [-0.4, -0.2) is 13.2 Å². The molecule has 2 N–H and O–H groups in total. The second-order valence-corrected chi connectivity index (χ2v) is 10.1. The van der Waals surface area contributed by atoms with Crippen LogP contribution in [0.3, 0.4) is 0 Å². The van der Waals surface area contributed by atoms with Crippen molar-refractivity contribution in [2.75, 3.05) is 10.0 Å². The lowest BCUT2D eigenvalue weighted by atomic mass is 10.1. The molecular weight excluding hydrogens is 511 g/mol. The fourth-order valence-electron chi connectivity index (χ4n) is 2.27. The van der Waals surface area contributed by atoms with Crippen LogP contribution in [-0.2, 0) is 10.0 Å². The summed E-state index contributed by atoms with van der Waals surface area (Å²) < 4.78 is 82.9. The maximum absolute atomic E-state index is 14.4. The Morgan fingerprint density at radius 1 is 1.07 bits per heavy atom. The van der Waals surface area contributed by atoms with Gasteiger partial charge in [-0.15, -0.1) is 6.58 Å². The van der Waals surface area contributed by atoms with Crippen molar-refractivity contribution in [1.82, 2.24) is 0 Å². The third kappa shape index (κ3) is 4.59. The molecule has 0 aromatic heterocycles. The lowest BCUT2D eigenvalue weighted by Gasteiger charge is -2.25. The maximum atomic E-state index is 14.4. The lowest BCUT2D eigenvalue weighted by Crippen LogP contribution is -2.37. The molecule has 0 atom stereocenters. The molecule has 2 aromatic carbocycles. The van der Waals surface area contributed by atoms with Crippen LogP contribution < -0.4 is 10.0 Å². The van der Waals surface area contributed by atoms with E-state index >= 15 is 0 Å². The summed E-state index contributed by atoms with van der Waals surface area (Å²) in [4.78, 5) is 0. The van der Waals surface area contributed by atoms with E-state index < -0.39 is 49.4 Å². The molecule has 0 saturated heterocycles. The van der Waals surface area contributed by atoms with Crippen LogP contribution in [0.25, 0.3) is 0 Å². The molecule has 0 amide bonds. The minimum Gasteiger partial charge on any atom is -0.349 e. The molecule has 0 unspecified atom stereocenters. The van der Waals surface area contributed by atoms with Crippen molar-refractivity contribution < 1.29 is 26.0 Å². The molecule has 0 aliphatic rings. The smallest absolute Gasteiger partial charge is 0.238 e. The van der Waals surface area contributed by atoms with Gasteiger partial charge in [0.05, 0.1) is 10.4 Å². The van der Waals surface area contributed by atoms with E-state index in [9.17, 15) is 26.0 Å². The lowest BCUT2D eigenvalue weighted by molar-refractivity contribution is 0.499. The highest BCUT2D eigenvalue weighted by Gasteiger charge is 2.35. The van der Waals surface area contributed by atoms with Gasteiger partial charge in [-0.3, -0.25) is 4.72 Å². The summed E-state index contributed by atoms with van der Waals surface area (Å²) in [5.41, 5.74) is -2.00. The van der Waals surface area contributed by atoms with Gasteiger partial charge in [0.1, 0.15) is 17.2 Å². The largest absolute Gasteiger partial charge is 0.349 e. The highest BCUT2D eigenvalue weighted by atomic mass is 127. The number of benzene rings is 2. The average Bonchev–Trinajstić information content (AvgIpc) is 2.57. The Hall–Kier alpha value is -1.82. The summed E-state index contributed by atoms with van der Waals surface area (Å²) in [6.07, 6.45) is 1.38. The van der Waals surface area contributed by atoms with Gasteiger partial charge in [-0.1, -0.05) is 6.08 Å². The number of allylic oxidation sites excluding steroid dienone is 1. The molecular formula is C18H17F4IN2O2S. The molecule has 0 bridgehead atoms. The van der Waals surface area contributed by atoms with Gasteiger partial charge in [0.25, 0.3) is 0 Å². The van der Waals surface area contributed by atoms with Gasteiger partial charge in [0, 0.05) is 9.64 Å². The third-order valence-corrected chi connectivity index (χ3v) is 6.73. The Labute approximate surface area is 174 Å². The number of sulfonamides is 1. The van der Waals surface area contributed by atoms with Crippen molar-refractivity contribution >= 4 is 49.7 Å². The van der Waals surface area contributed by atoms with Gasteiger partial charge in [-0.05, 0) is 61.1 Å². The molecule has 10 heteroatoms. The minimum absolute atomic E-state index is 0.0160. The van der Waals surface area contributed by atoms with E-state index in [1.54, 1.807) is 0 Å². The summed E-state index contributed by atoms with van der Waals surface area (Å²) >= 11 is 1.85. The number of hydrogen-bond donors (Lipinski definition) is 2. The summed E-state index contributed by atoms with van der Waals surface area (Å²) in [6.45, 7) is 6.19. The van der Waals surface area contributed by atoms with E-state index in [0.29, 0.717) is 3.57 Å². The Morgan fingerprint density at radius 2 is 1.71 bits per heavy atom. The maximum Gasteiger partial charge on any atom is 0.238 e. The van der Waals surface area contributed by atoms with Crippen molar-refractivity contribution in [2.45, 2.75) is 25.0 Å². The van der Waals surface area contributed by atoms with Crippen LogP contribution in [0.15, 0.2) is 36.9 Å². The van der Waals surface area contributed by atoms with Crippen molar-refractivity contribution in [3.63, 3.8) is 0 Å². The Bertz CT molecular complexity index is 1030. The number of anilines is 3. The Kier molecular flexibility index (Phi) is 6.64. The zero-order valence-corrected chi connectivity index (χ0v) is 17.9. The molecule has 0 aliphatic carbocycles. The quantitative estimate of drug-likeness (QED) is 0.210. The Morgan fingerprint density at radius 3 is 2.29 bits per heavy atom. The molecule has 4 nitrogen and oxygen atoms in total. The number of rotatable bonds is 7. The van der Waals surface area contributed by atoms with Crippen LogP contribution in [0.1, 0.15) is 20.3 Å². The predicted molar refractivity (Wildman–Crippen MR) is 110 cm³/mol. The molecule has 0 aliphatic heterocycles. The molecule has 0 fully saturated rings. The monoisotopic (exact) mass is 528 g/mol. The van der Waals surface area contributed by atoms with Gasteiger partial charge >= 0.3 is 0 Å². The van der Waals surface area contributed by atoms with E-state index in [-0.39, 0.29) is 18.2 Å². The topological polar surface area (TPSA) is 58.2 Å². The van der Waals surface area contributed by atoms with Crippen molar-refractivity contribution in [1.29, 1.82) is 0 Å². The molecule has 0 heterocycles. The molecule has 28 heavy (non-hydrogen) atoms. The van der Waals surface area contributed by atoms with Crippen LogP contribution in [0.5, 0.6) is 0 Å². The van der Waals surface area contributed by atoms with Crippen LogP contribution >= 0.6 is 22.6 Å². The van der Waals surface area contributed by atoms with E-state index in [1.165, 1.54) is 32.1 Å². The van der Waals surface area contributed by atoms with Gasteiger partial charge in [-0.25, -0.2) is 26.0 Å². The van der Waals surface area contributed by atoms with Gasteiger partial charge in [-0.2, -0.15) is 0 Å². The number of hydrogen-bond acceptors (Lipinski definition) is 3. The molecule has 0 spiro atoms. The van der Waals surface area contributed by atoms with E-state index in [0.717, 1.165) is 6.07 Å². The third-order valence-electron chi connectivity index (χ3n) is 3.96. The van der Waals surface area contributed by atoms with Gasteiger partial charge in [0.15, 0.2) is 17.5 Å². The number of nitrogens with one attached hydrogen (secondary N) is 2. The van der Waals surface area contributed by atoms with E-state index in [1.807, 2.05) is 27.3 Å². The van der Waals surface area contributed by atoms with Crippen LogP contribution in [0.4, 0.5) is 34.6 Å². The summed E-state index contributed by atoms with van der Waals surface area (Å²) in [5, 5.41) is 2.24. The second-order valence-electron chi connectivity index (χ2n) is 6.51. The summed E-state index contributed by atoms with van der Waals surface area (Å²) in [7, 11) is -4.24. The van der Waals surface area contributed by atoms with Crippen LogP contribution in [0.2, 0.25) is 0 Å². The predicted octanol–water partition coefficient (Wildman–Crippen LogP) is 5.69. The fraction of sp³-hybridized carbons (Fsp3) is 0.222. The van der Waals surface area contributed by atoms with Crippen molar-refractivity contribution in [2.24, 2.45) is 0 Å². The van der Waals surface area contributed by atoms with E-state index in [4.69, 9.17) is 0 Å². The normalized spacial score (nSPS) is 12.0. The first-order chi connectivity index (χ1) is 12.9. The SMILES string of the molecule is C=CCC(C)(C)S(=O)(=O)Nc1c(F)cc(F)c(F)c1Nc1ccc(I)cc1F. The highest BCUT2D eigenvalue weighted by Crippen LogP contribution is 2.36.